The van der Waals surface area contributed by atoms with Gasteiger partial charge in [0.2, 0.25) is 0 Å². The number of nitrogens with two attached hydrogens (primary N) is 1. The molecule has 0 spiro atoms. The molecule has 0 aliphatic rings. The second kappa shape index (κ2) is 4.61. The first-order chi connectivity index (χ1) is 6.45. The van der Waals surface area contributed by atoms with Gasteiger partial charge in [0.25, 0.3) is 0 Å². The van der Waals surface area contributed by atoms with Crippen LogP contribution in [0.3, 0.4) is 0 Å². The molecular formula is C8H14F3NO2S. The maximum Gasteiger partial charge on any atom is 0.405 e. The van der Waals surface area contributed by atoms with Crippen LogP contribution in [0.5, 0.6) is 0 Å². The summed E-state index contributed by atoms with van der Waals surface area (Å²) in [5.41, 5.74) is 4.88. The predicted molar refractivity (Wildman–Crippen MR) is 52.8 cm³/mol. The summed E-state index contributed by atoms with van der Waals surface area (Å²) < 4.78 is 36.1. The number of hydrogen-bond acceptors (Lipinski definition) is 3. The first kappa shape index (κ1) is 14.6. The van der Waals surface area contributed by atoms with Gasteiger partial charge in [0.05, 0.1) is 0 Å². The minimum Gasteiger partial charge on any atom is -0.480 e. The van der Waals surface area contributed by atoms with Crippen molar-refractivity contribution in [2.24, 2.45) is 5.73 Å². The van der Waals surface area contributed by atoms with Gasteiger partial charge in [-0.2, -0.15) is 13.2 Å². The van der Waals surface area contributed by atoms with Crippen LogP contribution in [0.1, 0.15) is 20.8 Å². The number of hydrogen-bond donors (Lipinski definition) is 2. The van der Waals surface area contributed by atoms with E-state index in [9.17, 15) is 18.0 Å². The van der Waals surface area contributed by atoms with Gasteiger partial charge in [-0.3, -0.25) is 4.79 Å². The van der Waals surface area contributed by atoms with Crippen molar-refractivity contribution in [3.05, 3.63) is 0 Å². The molecule has 0 aromatic rings. The van der Waals surface area contributed by atoms with Crippen LogP contribution in [0.4, 0.5) is 13.2 Å². The standard InChI is InChI=1S/C8H14F3NO2S/c1-7(2,3)15-4(6(13)14)5(12)8(9,10)11/h4-5H,12H2,1-3H3,(H,13,14). The van der Waals surface area contributed by atoms with E-state index in [1.807, 2.05) is 0 Å². The van der Waals surface area contributed by atoms with Crippen molar-refractivity contribution in [3.8, 4) is 0 Å². The molecule has 15 heavy (non-hydrogen) atoms. The number of rotatable bonds is 3. The molecule has 2 atom stereocenters. The molecule has 0 heterocycles. The molecule has 0 saturated heterocycles. The highest BCUT2D eigenvalue weighted by Gasteiger charge is 2.46. The van der Waals surface area contributed by atoms with E-state index < -0.39 is 28.2 Å². The molecule has 0 saturated carbocycles. The highest BCUT2D eigenvalue weighted by Crippen LogP contribution is 2.34. The fourth-order valence-electron chi connectivity index (χ4n) is 0.830. The Morgan fingerprint density at radius 3 is 1.93 bits per heavy atom. The van der Waals surface area contributed by atoms with Gasteiger partial charge in [-0.05, 0) is 0 Å². The van der Waals surface area contributed by atoms with E-state index >= 15 is 0 Å². The van der Waals surface area contributed by atoms with Crippen LogP contribution in [-0.2, 0) is 4.79 Å². The van der Waals surface area contributed by atoms with E-state index in [2.05, 4.69) is 0 Å². The van der Waals surface area contributed by atoms with E-state index in [1.54, 1.807) is 20.8 Å². The molecule has 0 amide bonds. The molecule has 3 N–H and O–H groups in total. The van der Waals surface area contributed by atoms with Crippen molar-refractivity contribution in [2.75, 3.05) is 0 Å². The molecule has 0 rings (SSSR count). The van der Waals surface area contributed by atoms with Crippen molar-refractivity contribution < 1.29 is 23.1 Å². The molecule has 0 fully saturated rings. The molecule has 0 bridgehead atoms. The molecule has 0 radical (unpaired) electrons. The molecule has 0 aromatic heterocycles. The van der Waals surface area contributed by atoms with Crippen molar-refractivity contribution >= 4 is 17.7 Å². The Morgan fingerprint density at radius 1 is 1.33 bits per heavy atom. The van der Waals surface area contributed by atoms with Crippen molar-refractivity contribution in [1.82, 2.24) is 0 Å². The van der Waals surface area contributed by atoms with E-state index in [0.717, 1.165) is 0 Å². The minimum atomic E-state index is -4.69. The average Bonchev–Trinajstić information content (AvgIpc) is 1.94. The normalized spacial score (nSPS) is 17.3. The van der Waals surface area contributed by atoms with Gasteiger partial charge in [0, 0.05) is 4.75 Å². The smallest absolute Gasteiger partial charge is 0.405 e. The molecule has 0 aliphatic heterocycles. The highest BCUT2D eigenvalue weighted by molar-refractivity contribution is 8.01. The molecular weight excluding hydrogens is 231 g/mol. The summed E-state index contributed by atoms with van der Waals surface area (Å²) in [5.74, 6) is -1.54. The van der Waals surface area contributed by atoms with E-state index in [4.69, 9.17) is 10.8 Å². The number of alkyl halides is 3. The fourth-order valence-corrected chi connectivity index (χ4v) is 1.99. The molecule has 7 heteroatoms. The van der Waals surface area contributed by atoms with Crippen molar-refractivity contribution in [3.63, 3.8) is 0 Å². The maximum atomic E-state index is 12.2. The Labute approximate surface area is 90.2 Å². The lowest BCUT2D eigenvalue weighted by atomic mass is 10.2. The van der Waals surface area contributed by atoms with Gasteiger partial charge in [0.1, 0.15) is 11.3 Å². The number of halogens is 3. The van der Waals surface area contributed by atoms with Gasteiger partial charge in [-0.25, -0.2) is 0 Å². The Morgan fingerprint density at radius 2 is 1.73 bits per heavy atom. The molecule has 0 aliphatic carbocycles. The SMILES string of the molecule is CC(C)(C)SC(C(=O)O)C(N)C(F)(F)F. The van der Waals surface area contributed by atoms with Gasteiger partial charge >= 0.3 is 12.1 Å². The van der Waals surface area contributed by atoms with Gasteiger partial charge in [-0.15, -0.1) is 11.8 Å². The number of aliphatic carboxylic acids is 1. The van der Waals surface area contributed by atoms with Crippen LogP contribution in [0.2, 0.25) is 0 Å². The monoisotopic (exact) mass is 245 g/mol. The van der Waals surface area contributed by atoms with E-state index in [1.165, 1.54) is 0 Å². The Hall–Kier alpha value is -0.430. The Balaban J connectivity index is 4.76. The van der Waals surface area contributed by atoms with Crippen LogP contribution in [0.15, 0.2) is 0 Å². The van der Waals surface area contributed by atoms with Gasteiger partial charge in [0.15, 0.2) is 0 Å². The minimum absolute atomic E-state index is 0.591. The Kier molecular flexibility index (Phi) is 4.48. The Bertz CT molecular complexity index is 237. The first-order valence-electron chi connectivity index (χ1n) is 4.18. The van der Waals surface area contributed by atoms with Crippen LogP contribution in [-0.4, -0.2) is 33.3 Å². The third-order valence-corrected chi connectivity index (χ3v) is 2.88. The van der Waals surface area contributed by atoms with Crippen LogP contribution in [0, 0.1) is 0 Å². The molecule has 0 aromatic carbocycles. The number of carbonyl (C=O) groups is 1. The largest absolute Gasteiger partial charge is 0.480 e. The summed E-state index contributed by atoms with van der Waals surface area (Å²) in [7, 11) is 0. The third kappa shape index (κ3) is 5.27. The van der Waals surface area contributed by atoms with E-state index in [0.29, 0.717) is 11.8 Å². The summed E-state index contributed by atoms with van der Waals surface area (Å²) in [6.45, 7) is 4.91. The molecule has 3 nitrogen and oxygen atoms in total. The summed E-state index contributed by atoms with van der Waals surface area (Å²) in [4.78, 5) is 10.7. The lowest BCUT2D eigenvalue weighted by molar-refractivity contribution is -0.159. The lowest BCUT2D eigenvalue weighted by Gasteiger charge is -2.28. The lowest BCUT2D eigenvalue weighted by Crippen LogP contribution is -2.50. The summed E-state index contributed by atoms with van der Waals surface area (Å²) in [5, 5.41) is 6.99. The fraction of sp³-hybridized carbons (Fsp3) is 0.875. The van der Waals surface area contributed by atoms with Crippen molar-refractivity contribution in [2.45, 2.75) is 43.0 Å². The zero-order chi connectivity index (χ0) is 12.4. The number of carboxylic acids is 1. The second-order valence-corrected chi connectivity index (χ2v) is 6.02. The molecule has 90 valence electrons. The number of carboxylic acid groups (broad SMARTS) is 1. The maximum absolute atomic E-state index is 12.2. The predicted octanol–water partition coefficient (Wildman–Crippen LogP) is 1.86. The van der Waals surface area contributed by atoms with Gasteiger partial charge < -0.3 is 10.8 Å². The summed E-state index contributed by atoms with van der Waals surface area (Å²) >= 11 is 0.700. The van der Waals surface area contributed by atoms with Gasteiger partial charge in [-0.1, -0.05) is 20.8 Å². The van der Waals surface area contributed by atoms with Crippen LogP contribution < -0.4 is 5.73 Å². The first-order valence-corrected chi connectivity index (χ1v) is 5.06. The molecule has 2 unspecified atom stereocenters. The van der Waals surface area contributed by atoms with Crippen LogP contribution >= 0.6 is 11.8 Å². The van der Waals surface area contributed by atoms with Crippen molar-refractivity contribution in [1.29, 1.82) is 0 Å². The third-order valence-electron chi connectivity index (χ3n) is 1.43. The quantitative estimate of drug-likeness (QED) is 0.796. The highest BCUT2D eigenvalue weighted by atomic mass is 32.2. The van der Waals surface area contributed by atoms with Crippen LogP contribution in [0.25, 0.3) is 0 Å². The average molecular weight is 245 g/mol. The zero-order valence-corrected chi connectivity index (χ0v) is 9.45. The summed E-state index contributed by atoms with van der Waals surface area (Å²) in [6, 6.07) is -2.35. The van der Waals surface area contributed by atoms with E-state index in [-0.39, 0.29) is 0 Å². The second-order valence-electron chi connectivity index (χ2n) is 4.06. The topological polar surface area (TPSA) is 63.3 Å². The zero-order valence-electron chi connectivity index (χ0n) is 8.63. The summed E-state index contributed by atoms with van der Waals surface area (Å²) in [6.07, 6.45) is -4.69. The number of thioether (sulfide) groups is 1.